The van der Waals surface area contributed by atoms with Crippen LogP contribution >= 0.6 is 0 Å². The molecule has 1 aromatic carbocycles. The number of ether oxygens (including phenoxy) is 1. The van der Waals surface area contributed by atoms with Crippen LogP contribution < -0.4 is 4.74 Å². The molecule has 2 rings (SSSR count). The fourth-order valence-electron chi connectivity index (χ4n) is 4.81. The molecule has 2 amide bonds. The average molecular weight is 540 g/mol. The third kappa shape index (κ3) is 5.91. The maximum Gasteiger partial charge on any atom is 0.430 e. The third-order valence-corrected chi connectivity index (χ3v) is 7.23. The Balaban J connectivity index is 2.08. The Morgan fingerprint density at radius 1 is 1.00 bits per heavy atom. The molecule has 1 fully saturated rings. The fraction of sp³-hybridized carbons (Fsp3) is 0.692. The van der Waals surface area contributed by atoms with E-state index in [4.69, 9.17) is 4.74 Å². The fourth-order valence-corrected chi connectivity index (χ4v) is 4.81. The molecule has 0 aromatic heterocycles. The number of likely N-dealkylation sites (tertiary alicyclic amines) is 1. The van der Waals surface area contributed by atoms with E-state index in [1.165, 1.54) is 4.90 Å². The molecule has 0 spiro atoms. The van der Waals surface area contributed by atoms with Crippen LogP contribution in [-0.4, -0.2) is 47.3 Å². The van der Waals surface area contributed by atoms with Crippen molar-refractivity contribution in [3.63, 3.8) is 0 Å². The number of aliphatic hydroxyl groups is 1. The maximum atomic E-state index is 13.3. The molecule has 1 N–H and O–H groups in total. The van der Waals surface area contributed by atoms with Crippen LogP contribution in [0.5, 0.6) is 5.75 Å². The smallest absolute Gasteiger partial charge is 0.430 e. The summed E-state index contributed by atoms with van der Waals surface area (Å²) in [6.45, 7) is 7.65. The van der Waals surface area contributed by atoms with Crippen molar-refractivity contribution in [1.29, 1.82) is 0 Å². The average Bonchev–Trinajstić information content (AvgIpc) is 2.99. The summed E-state index contributed by atoms with van der Waals surface area (Å²) in [4.78, 5) is 27.0. The molecule has 210 valence electrons. The molecular formula is C26H35F6NO4. The monoisotopic (exact) mass is 539 g/mol. The lowest BCUT2D eigenvalue weighted by Gasteiger charge is -2.33. The van der Waals surface area contributed by atoms with E-state index in [2.05, 4.69) is 0 Å². The molecule has 0 radical (unpaired) electrons. The van der Waals surface area contributed by atoms with Crippen LogP contribution in [0.15, 0.2) is 18.2 Å². The van der Waals surface area contributed by atoms with Crippen molar-refractivity contribution in [2.75, 3.05) is 13.2 Å². The molecule has 1 saturated heterocycles. The molecule has 0 aliphatic carbocycles. The van der Waals surface area contributed by atoms with E-state index in [1.54, 1.807) is 6.92 Å². The van der Waals surface area contributed by atoms with E-state index in [0.717, 1.165) is 12.5 Å². The summed E-state index contributed by atoms with van der Waals surface area (Å²) in [5.41, 5.74) is -6.94. The number of rotatable bonds is 12. The van der Waals surface area contributed by atoms with Gasteiger partial charge in [0.2, 0.25) is 11.8 Å². The van der Waals surface area contributed by atoms with Gasteiger partial charge in [-0.2, -0.15) is 26.3 Å². The van der Waals surface area contributed by atoms with Crippen LogP contribution in [0.1, 0.15) is 77.3 Å². The van der Waals surface area contributed by atoms with Crippen LogP contribution in [0.4, 0.5) is 26.3 Å². The van der Waals surface area contributed by atoms with E-state index in [9.17, 15) is 41.0 Å². The number of benzene rings is 1. The molecule has 1 aliphatic rings. The molecule has 2 unspecified atom stereocenters. The Labute approximate surface area is 213 Å². The molecule has 37 heavy (non-hydrogen) atoms. The normalized spacial score (nSPS) is 21.2. The minimum atomic E-state index is -5.97. The highest BCUT2D eigenvalue weighted by atomic mass is 19.4. The molecule has 1 aromatic rings. The van der Waals surface area contributed by atoms with Gasteiger partial charge in [0.25, 0.3) is 5.60 Å². The molecule has 5 nitrogen and oxygen atoms in total. The predicted octanol–water partition coefficient (Wildman–Crippen LogP) is 6.31. The lowest BCUT2D eigenvalue weighted by Crippen LogP contribution is -2.53. The van der Waals surface area contributed by atoms with Gasteiger partial charge < -0.3 is 9.84 Å². The molecule has 1 aliphatic heterocycles. The number of hydrogen-bond donors (Lipinski definition) is 1. The first kappa shape index (κ1) is 30.9. The first-order valence-electron chi connectivity index (χ1n) is 12.6. The van der Waals surface area contributed by atoms with E-state index in [1.807, 2.05) is 20.8 Å². The number of imide groups is 1. The Morgan fingerprint density at radius 3 is 2.14 bits per heavy atom. The van der Waals surface area contributed by atoms with Gasteiger partial charge in [-0.05, 0) is 56.7 Å². The van der Waals surface area contributed by atoms with Gasteiger partial charge in [0.1, 0.15) is 5.75 Å². The van der Waals surface area contributed by atoms with Crippen molar-refractivity contribution in [3.05, 3.63) is 29.3 Å². The lowest BCUT2D eigenvalue weighted by atomic mass is 9.75. The molecule has 1 heterocycles. The van der Waals surface area contributed by atoms with Crippen molar-refractivity contribution in [1.82, 2.24) is 4.90 Å². The highest BCUT2D eigenvalue weighted by Crippen LogP contribution is 2.50. The second kappa shape index (κ2) is 11.6. The minimum absolute atomic E-state index is 0.0819. The second-order valence-electron chi connectivity index (χ2n) is 9.74. The van der Waals surface area contributed by atoms with Crippen LogP contribution in [0.2, 0.25) is 0 Å². The number of nitrogens with zero attached hydrogens (tertiary/aromatic N) is 1. The number of carbonyl (C=O) groups excluding carboxylic acids is 2. The Bertz CT molecular complexity index is 947. The molecule has 0 saturated carbocycles. The number of unbranched alkanes of at least 4 members (excludes halogenated alkanes) is 1. The van der Waals surface area contributed by atoms with Gasteiger partial charge in [-0.25, -0.2) is 0 Å². The Kier molecular flexibility index (Phi) is 9.71. The van der Waals surface area contributed by atoms with Crippen LogP contribution in [-0.2, 0) is 21.6 Å². The molecule has 2 atom stereocenters. The van der Waals surface area contributed by atoms with Crippen molar-refractivity contribution in [2.45, 2.75) is 90.6 Å². The molecule has 0 bridgehead atoms. The zero-order valence-electron chi connectivity index (χ0n) is 21.6. The Morgan fingerprint density at radius 2 is 1.62 bits per heavy atom. The third-order valence-electron chi connectivity index (χ3n) is 7.23. The summed E-state index contributed by atoms with van der Waals surface area (Å²) in [7, 11) is 0. The zero-order valence-corrected chi connectivity index (χ0v) is 21.6. The van der Waals surface area contributed by atoms with Crippen molar-refractivity contribution >= 4 is 11.8 Å². The molecule has 11 heteroatoms. The zero-order chi connectivity index (χ0) is 28.2. The number of alkyl halides is 6. The van der Waals surface area contributed by atoms with Gasteiger partial charge in [0.05, 0.1) is 17.9 Å². The summed E-state index contributed by atoms with van der Waals surface area (Å²) in [5, 5.41) is 9.69. The topological polar surface area (TPSA) is 66.8 Å². The van der Waals surface area contributed by atoms with Gasteiger partial charge in [-0.15, -0.1) is 0 Å². The van der Waals surface area contributed by atoms with Gasteiger partial charge in [-0.3, -0.25) is 14.5 Å². The second-order valence-corrected chi connectivity index (χ2v) is 9.74. The highest BCUT2D eigenvalue weighted by Gasteiger charge is 2.71. The highest BCUT2D eigenvalue weighted by molar-refractivity contribution is 6.07. The van der Waals surface area contributed by atoms with Crippen LogP contribution in [0.25, 0.3) is 0 Å². The standard InChI is InChI=1S/C26H35F6NO4/c1-5-10-17-16-18(24(36,25(27,28)29)26(30,31)32)12-13-20(17)37-15-9-8-14-33-21(34)19(11-6-2)23(4,7-3)22(33)35/h12-13,16,19,36H,5-11,14-15H2,1-4H3. The number of aryl methyl sites for hydroxylation is 1. The lowest BCUT2D eigenvalue weighted by molar-refractivity contribution is -0.376. The van der Waals surface area contributed by atoms with E-state index in [0.29, 0.717) is 44.2 Å². The number of carbonyl (C=O) groups is 2. The van der Waals surface area contributed by atoms with E-state index >= 15 is 0 Å². The van der Waals surface area contributed by atoms with Crippen molar-refractivity contribution in [2.24, 2.45) is 11.3 Å². The first-order chi connectivity index (χ1) is 17.1. The molecular weight excluding hydrogens is 504 g/mol. The summed E-state index contributed by atoms with van der Waals surface area (Å²) >= 11 is 0. The van der Waals surface area contributed by atoms with Crippen LogP contribution in [0.3, 0.4) is 0 Å². The van der Waals surface area contributed by atoms with Gasteiger partial charge in [0, 0.05) is 12.1 Å². The van der Waals surface area contributed by atoms with Gasteiger partial charge in [-0.1, -0.05) is 39.7 Å². The summed E-state index contributed by atoms with van der Waals surface area (Å²) in [6, 6.07) is 2.25. The van der Waals surface area contributed by atoms with Gasteiger partial charge >= 0.3 is 12.4 Å². The predicted molar refractivity (Wildman–Crippen MR) is 125 cm³/mol. The summed E-state index contributed by atoms with van der Waals surface area (Å²) < 4.78 is 85.2. The maximum absolute atomic E-state index is 13.3. The van der Waals surface area contributed by atoms with E-state index < -0.39 is 28.9 Å². The number of halogens is 6. The first-order valence-corrected chi connectivity index (χ1v) is 12.6. The van der Waals surface area contributed by atoms with Crippen molar-refractivity contribution < 1.29 is 45.8 Å². The largest absolute Gasteiger partial charge is 0.493 e. The van der Waals surface area contributed by atoms with Crippen LogP contribution in [0, 0.1) is 11.3 Å². The SMILES string of the molecule is CCCc1cc(C(O)(C(F)(F)F)C(F)(F)F)ccc1OCCCCN1C(=O)C(CCC)C(C)(CC)C1=O. The summed E-state index contributed by atoms with van der Waals surface area (Å²) in [5.74, 6) is -0.609. The van der Waals surface area contributed by atoms with Crippen molar-refractivity contribution in [3.8, 4) is 5.75 Å². The summed E-state index contributed by atoms with van der Waals surface area (Å²) in [6.07, 6.45) is -8.58. The Hall–Kier alpha value is -2.30. The van der Waals surface area contributed by atoms with Gasteiger partial charge in [0.15, 0.2) is 0 Å². The van der Waals surface area contributed by atoms with E-state index in [-0.39, 0.29) is 48.6 Å². The number of hydrogen-bond acceptors (Lipinski definition) is 4. The quantitative estimate of drug-likeness (QED) is 0.192. The number of amides is 2. The minimum Gasteiger partial charge on any atom is -0.493 e.